The van der Waals surface area contributed by atoms with Gasteiger partial charge >= 0.3 is 5.97 Å². The summed E-state index contributed by atoms with van der Waals surface area (Å²) < 4.78 is 6.41. The van der Waals surface area contributed by atoms with Gasteiger partial charge in [-0.25, -0.2) is 4.98 Å². The molecule has 2 rings (SSSR count). The first-order valence-electron chi connectivity index (χ1n) is 6.06. The van der Waals surface area contributed by atoms with Crippen LogP contribution in [0.3, 0.4) is 0 Å². The smallest absolute Gasteiger partial charge is 0.308 e. The van der Waals surface area contributed by atoms with Crippen molar-refractivity contribution in [2.45, 2.75) is 13.0 Å². The number of anilines is 1. The highest BCUT2D eigenvalue weighted by Crippen LogP contribution is 2.21. The second-order valence-electron chi connectivity index (χ2n) is 4.65. The summed E-state index contributed by atoms with van der Waals surface area (Å²) in [4.78, 5) is 29.0. The molecule has 2 heterocycles. The van der Waals surface area contributed by atoms with Gasteiger partial charge in [0.1, 0.15) is 0 Å². The van der Waals surface area contributed by atoms with E-state index >= 15 is 0 Å². The normalized spacial score (nSPS) is 18.8. The van der Waals surface area contributed by atoms with Crippen molar-refractivity contribution in [3.8, 4) is 0 Å². The maximum absolute atomic E-state index is 11.8. The third kappa shape index (κ3) is 2.76. The Kier molecular flexibility index (Phi) is 3.84. The SMILES string of the molecule is COCc1cc(=O)n(C)c(N2CC[C@H](C(=O)O)C2)n1. The van der Waals surface area contributed by atoms with Crippen molar-refractivity contribution in [2.75, 3.05) is 25.1 Å². The minimum atomic E-state index is -0.805. The summed E-state index contributed by atoms with van der Waals surface area (Å²) in [6.45, 7) is 1.24. The van der Waals surface area contributed by atoms with Crippen LogP contribution in [0, 0.1) is 5.92 Å². The van der Waals surface area contributed by atoms with Crippen LogP contribution in [0.2, 0.25) is 0 Å². The first kappa shape index (κ1) is 13.5. The van der Waals surface area contributed by atoms with Crippen molar-refractivity contribution in [3.05, 3.63) is 22.1 Å². The van der Waals surface area contributed by atoms with Crippen LogP contribution >= 0.6 is 0 Å². The van der Waals surface area contributed by atoms with Crippen molar-refractivity contribution >= 4 is 11.9 Å². The van der Waals surface area contributed by atoms with E-state index in [9.17, 15) is 9.59 Å². The van der Waals surface area contributed by atoms with Crippen LogP contribution in [-0.2, 0) is 23.2 Å². The maximum Gasteiger partial charge on any atom is 0.308 e. The summed E-state index contributed by atoms with van der Waals surface area (Å²) >= 11 is 0. The molecule has 1 atom stereocenters. The minimum absolute atomic E-state index is 0.171. The molecule has 104 valence electrons. The fraction of sp³-hybridized carbons (Fsp3) is 0.583. The molecule has 1 aromatic rings. The molecule has 0 amide bonds. The van der Waals surface area contributed by atoms with E-state index in [1.54, 1.807) is 7.05 Å². The molecule has 7 heteroatoms. The second-order valence-corrected chi connectivity index (χ2v) is 4.65. The molecule has 1 aromatic heterocycles. The maximum atomic E-state index is 11.8. The molecule has 1 aliphatic heterocycles. The summed E-state index contributed by atoms with van der Waals surface area (Å²) in [7, 11) is 3.17. The Labute approximate surface area is 110 Å². The Hall–Kier alpha value is -1.89. The monoisotopic (exact) mass is 267 g/mol. The number of methoxy groups -OCH3 is 1. The third-order valence-electron chi connectivity index (χ3n) is 3.28. The van der Waals surface area contributed by atoms with E-state index < -0.39 is 11.9 Å². The van der Waals surface area contributed by atoms with Crippen molar-refractivity contribution < 1.29 is 14.6 Å². The van der Waals surface area contributed by atoms with Crippen molar-refractivity contribution in [1.82, 2.24) is 9.55 Å². The van der Waals surface area contributed by atoms with E-state index in [1.165, 1.54) is 17.7 Å². The highest BCUT2D eigenvalue weighted by atomic mass is 16.5. The Morgan fingerprint density at radius 3 is 2.95 bits per heavy atom. The van der Waals surface area contributed by atoms with Gasteiger partial charge in [0.15, 0.2) is 0 Å². The van der Waals surface area contributed by atoms with Crippen LogP contribution in [0.1, 0.15) is 12.1 Å². The first-order valence-corrected chi connectivity index (χ1v) is 6.06. The summed E-state index contributed by atoms with van der Waals surface area (Å²) in [6.07, 6.45) is 0.569. The van der Waals surface area contributed by atoms with Gasteiger partial charge in [-0.15, -0.1) is 0 Å². The molecule has 7 nitrogen and oxygen atoms in total. The average molecular weight is 267 g/mol. The molecule has 0 unspecified atom stereocenters. The van der Waals surface area contributed by atoms with Gasteiger partial charge < -0.3 is 14.7 Å². The number of aromatic nitrogens is 2. The lowest BCUT2D eigenvalue weighted by Gasteiger charge is -2.20. The molecule has 0 saturated carbocycles. The molecule has 1 aliphatic rings. The van der Waals surface area contributed by atoms with Crippen LogP contribution in [0.15, 0.2) is 10.9 Å². The highest BCUT2D eigenvalue weighted by molar-refractivity contribution is 5.71. The van der Waals surface area contributed by atoms with Crippen molar-refractivity contribution in [3.63, 3.8) is 0 Å². The fourth-order valence-electron chi connectivity index (χ4n) is 2.22. The average Bonchev–Trinajstić information content (AvgIpc) is 2.83. The Morgan fingerprint density at radius 1 is 1.63 bits per heavy atom. The van der Waals surface area contributed by atoms with Gasteiger partial charge in [-0.1, -0.05) is 0 Å². The lowest BCUT2D eigenvalue weighted by Crippen LogP contribution is -2.31. The van der Waals surface area contributed by atoms with E-state index in [0.29, 0.717) is 31.2 Å². The zero-order valence-electron chi connectivity index (χ0n) is 11.0. The minimum Gasteiger partial charge on any atom is -0.481 e. The van der Waals surface area contributed by atoms with Crippen LogP contribution in [0.4, 0.5) is 5.95 Å². The topological polar surface area (TPSA) is 84.7 Å². The second kappa shape index (κ2) is 5.40. The number of rotatable bonds is 4. The number of aliphatic carboxylic acids is 1. The fourth-order valence-corrected chi connectivity index (χ4v) is 2.22. The van der Waals surface area contributed by atoms with E-state index in [-0.39, 0.29) is 12.2 Å². The van der Waals surface area contributed by atoms with Gasteiger partial charge in [0.2, 0.25) is 5.95 Å². The molecule has 0 spiro atoms. The number of carbonyl (C=O) groups is 1. The lowest BCUT2D eigenvalue weighted by molar-refractivity contribution is -0.140. The number of hydrogen-bond acceptors (Lipinski definition) is 5. The molecular weight excluding hydrogens is 250 g/mol. The van der Waals surface area contributed by atoms with Gasteiger partial charge in [-0.05, 0) is 6.42 Å². The van der Waals surface area contributed by atoms with Gasteiger partial charge in [-0.2, -0.15) is 0 Å². The highest BCUT2D eigenvalue weighted by Gasteiger charge is 2.30. The van der Waals surface area contributed by atoms with Crippen LogP contribution < -0.4 is 10.5 Å². The summed E-state index contributed by atoms with van der Waals surface area (Å²) in [6, 6.07) is 1.43. The molecule has 0 radical (unpaired) electrons. The largest absolute Gasteiger partial charge is 0.481 e. The first-order chi connectivity index (χ1) is 9.02. The molecule has 19 heavy (non-hydrogen) atoms. The quantitative estimate of drug-likeness (QED) is 0.816. The van der Waals surface area contributed by atoms with Crippen LogP contribution in [0.25, 0.3) is 0 Å². The third-order valence-corrected chi connectivity index (χ3v) is 3.28. The molecule has 1 N–H and O–H groups in total. The van der Waals surface area contributed by atoms with Gasteiger partial charge in [0, 0.05) is 33.3 Å². The molecular formula is C12H17N3O4. The van der Waals surface area contributed by atoms with Crippen molar-refractivity contribution in [2.24, 2.45) is 13.0 Å². The van der Waals surface area contributed by atoms with Crippen LogP contribution in [0.5, 0.6) is 0 Å². The van der Waals surface area contributed by atoms with Gasteiger partial charge in [0.25, 0.3) is 5.56 Å². The summed E-state index contributed by atoms with van der Waals surface area (Å²) in [5.74, 6) is -0.702. The lowest BCUT2D eigenvalue weighted by atomic mass is 10.1. The van der Waals surface area contributed by atoms with Crippen LogP contribution in [-0.4, -0.2) is 40.8 Å². The molecule has 1 fully saturated rings. The molecule has 1 saturated heterocycles. The zero-order valence-corrected chi connectivity index (χ0v) is 11.0. The van der Waals surface area contributed by atoms with E-state index in [2.05, 4.69) is 4.98 Å². The van der Waals surface area contributed by atoms with Gasteiger partial charge in [-0.3, -0.25) is 14.2 Å². The number of hydrogen-bond donors (Lipinski definition) is 1. The predicted molar refractivity (Wildman–Crippen MR) is 68.1 cm³/mol. The predicted octanol–water partition coefficient (Wildman–Crippen LogP) is -0.162. The Morgan fingerprint density at radius 2 is 2.37 bits per heavy atom. The molecule has 0 aliphatic carbocycles. The van der Waals surface area contributed by atoms with E-state index in [0.717, 1.165) is 0 Å². The van der Waals surface area contributed by atoms with E-state index in [1.807, 2.05) is 4.90 Å². The molecule has 0 aromatic carbocycles. The number of carboxylic acid groups (broad SMARTS) is 1. The molecule has 0 bridgehead atoms. The zero-order chi connectivity index (χ0) is 14.0. The standard InChI is InChI=1S/C12H17N3O4/c1-14-10(16)5-9(7-19-2)13-12(14)15-4-3-8(6-15)11(17)18/h5,8H,3-4,6-7H2,1-2H3,(H,17,18)/t8-/m0/s1. The number of carboxylic acids is 1. The summed E-state index contributed by atoms with van der Waals surface area (Å²) in [5.41, 5.74) is 0.384. The number of nitrogens with zero attached hydrogens (tertiary/aromatic N) is 3. The summed E-state index contributed by atoms with van der Waals surface area (Å²) in [5, 5.41) is 9.01. The van der Waals surface area contributed by atoms with Crippen molar-refractivity contribution in [1.29, 1.82) is 0 Å². The van der Waals surface area contributed by atoms with Gasteiger partial charge in [0.05, 0.1) is 18.2 Å². The van der Waals surface area contributed by atoms with E-state index in [4.69, 9.17) is 9.84 Å². The Balaban J connectivity index is 2.29. The number of ether oxygens (including phenoxy) is 1. The Bertz CT molecular complexity index is 540.